The van der Waals surface area contributed by atoms with Gasteiger partial charge in [0, 0.05) is 31.1 Å². The van der Waals surface area contributed by atoms with E-state index in [0.29, 0.717) is 18.8 Å². The zero-order valence-electron chi connectivity index (χ0n) is 11.1. The molecule has 0 saturated heterocycles. The van der Waals surface area contributed by atoms with Crippen LogP contribution in [0.15, 0.2) is 24.3 Å². The number of rotatable bonds is 5. The maximum absolute atomic E-state index is 12.1. The van der Waals surface area contributed by atoms with Crippen molar-refractivity contribution in [1.29, 1.82) is 0 Å². The van der Waals surface area contributed by atoms with Gasteiger partial charge in [0.2, 0.25) is 0 Å². The molecule has 3 N–H and O–H groups in total. The highest BCUT2D eigenvalue weighted by Gasteiger charge is 2.16. The highest BCUT2D eigenvalue weighted by Crippen LogP contribution is 2.12. The smallest absolute Gasteiger partial charge is 0.322 e. The zero-order valence-corrected chi connectivity index (χ0v) is 11.1. The second-order valence-corrected chi connectivity index (χ2v) is 4.33. The minimum Gasteiger partial charge on any atom is -0.399 e. The quantitative estimate of drug-likeness (QED) is 0.788. The fourth-order valence-electron chi connectivity index (χ4n) is 1.55. The van der Waals surface area contributed by atoms with Gasteiger partial charge in [0.1, 0.15) is 0 Å². The largest absolute Gasteiger partial charge is 0.399 e. The molecule has 0 aliphatic carbocycles. The Labute approximate surface area is 108 Å². The number of ether oxygens (including phenoxy) is 1. The van der Waals surface area contributed by atoms with Gasteiger partial charge >= 0.3 is 6.03 Å². The molecule has 100 valence electrons. The van der Waals surface area contributed by atoms with Crippen LogP contribution >= 0.6 is 0 Å². The van der Waals surface area contributed by atoms with Gasteiger partial charge in [-0.2, -0.15) is 0 Å². The molecule has 2 amide bonds. The van der Waals surface area contributed by atoms with Crippen molar-refractivity contribution in [3.63, 3.8) is 0 Å². The lowest BCUT2D eigenvalue weighted by Crippen LogP contribution is -2.42. The van der Waals surface area contributed by atoms with Crippen molar-refractivity contribution in [1.82, 2.24) is 4.90 Å². The summed E-state index contributed by atoms with van der Waals surface area (Å²) in [6, 6.07) is 7.06. The molecule has 0 fully saturated rings. The number of benzene rings is 1. The summed E-state index contributed by atoms with van der Waals surface area (Å²) < 4.78 is 5.00. The summed E-state index contributed by atoms with van der Waals surface area (Å²) in [7, 11) is 1.62. The van der Waals surface area contributed by atoms with Crippen molar-refractivity contribution >= 4 is 17.4 Å². The number of hydrogen-bond donors (Lipinski definition) is 2. The first kappa shape index (κ1) is 14.3. The Morgan fingerprint density at radius 1 is 1.39 bits per heavy atom. The first-order chi connectivity index (χ1) is 8.54. The molecule has 5 heteroatoms. The van der Waals surface area contributed by atoms with Crippen LogP contribution in [0.1, 0.15) is 13.8 Å². The monoisotopic (exact) mass is 251 g/mol. The number of hydrogen-bond acceptors (Lipinski definition) is 3. The fraction of sp³-hybridized carbons (Fsp3) is 0.462. The van der Waals surface area contributed by atoms with Gasteiger partial charge < -0.3 is 20.7 Å². The first-order valence-electron chi connectivity index (χ1n) is 5.96. The third-order valence-corrected chi connectivity index (χ3v) is 2.58. The van der Waals surface area contributed by atoms with Gasteiger partial charge in [0.05, 0.1) is 6.61 Å². The van der Waals surface area contributed by atoms with Crippen LogP contribution in [0.3, 0.4) is 0 Å². The summed E-state index contributed by atoms with van der Waals surface area (Å²) in [4.78, 5) is 13.8. The average molecular weight is 251 g/mol. The molecule has 0 aromatic heterocycles. The van der Waals surface area contributed by atoms with Gasteiger partial charge in [-0.15, -0.1) is 0 Å². The van der Waals surface area contributed by atoms with Crippen LogP contribution in [-0.2, 0) is 4.74 Å². The van der Waals surface area contributed by atoms with Crippen molar-refractivity contribution in [3.8, 4) is 0 Å². The van der Waals surface area contributed by atoms with E-state index in [0.717, 1.165) is 5.69 Å². The molecule has 1 rings (SSSR count). The number of nitrogens with two attached hydrogens (primary N) is 1. The fourth-order valence-corrected chi connectivity index (χ4v) is 1.55. The Morgan fingerprint density at radius 2 is 2.00 bits per heavy atom. The Kier molecular flexibility index (Phi) is 5.45. The molecule has 1 aromatic rings. The molecule has 0 bridgehead atoms. The molecule has 0 aliphatic rings. The zero-order chi connectivity index (χ0) is 13.5. The molecular formula is C13H21N3O2. The Hall–Kier alpha value is -1.75. The van der Waals surface area contributed by atoms with E-state index in [1.165, 1.54) is 0 Å². The molecule has 18 heavy (non-hydrogen) atoms. The minimum atomic E-state index is -0.133. The predicted octanol–water partition coefficient (Wildman–Crippen LogP) is 2.16. The normalized spacial score (nSPS) is 10.4. The van der Waals surface area contributed by atoms with Crippen LogP contribution in [0, 0.1) is 0 Å². The topological polar surface area (TPSA) is 67.6 Å². The Bertz CT molecular complexity index is 376. The number of nitrogen functional groups attached to an aromatic ring is 1. The van der Waals surface area contributed by atoms with Gasteiger partial charge in [-0.1, -0.05) is 0 Å². The van der Waals surface area contributed by atoms with E-state index in [9.17, 15) is 4.79 Å². The van der Waals surface area contributed by atoms with Crippen LogP contribution in [-0.4, -0.2) is 37.2 Å². The standard InChI is InChI=1S/C13H21N3O2/c1-10(2)16(8-9-18-3)13(17)15-12-6-4-11(14)5-7-12/h4-7,10H,8-9,14H2,1-3H3,(H,15,17). The Balaban J connectivity index is 2.63. The summed E-state index contributed by atoms with van der Waals surface area (Å²) in [6.07, 6.45) is 0. The van der Waals surface area contributed by atoms with Crippen molar-refractivity contribution in [2.75, 3.05) is 31.3 Å². The maximum atomic E-state index is 12.1. The van der Waals surface area contributed by atoms with Crippen molar-refractivity contribution < 1.29 is 9.53 Å². The summed E-state index contributed by atoms with van der Waals surface area (Å²) in [5.41, 5.74) is 7.00. The van der Waals surface area contributed by atoms with Crippen LogP contribution in [0.25, 0.3) is 0 Å². The van der Waals surface area contributed by atoms with Gasteiger partial charge in [0.15, 0.2) is 0 Å². The molecule has 5 nitrogen and oxygen atoms in total. The van der Waals surface area contributed by atoms with Crippen LogP contribution in [0.4, 0.5) is 16.2 Å². The van der Waals surface area contributed by atoms with Gasteiger partial charge in [-0.25, -0.2) is 4.79 Å². The SMILES string of the molecule is COCCN(C(=O)Nc1ccc(N)cc1)C(C)C. The average Bonchev–Trinajstić information content (AvgIpc) is 2.32. The summed E-state index contributed by atoms with van der Waals surface area (Å²) in [6.45, 7) is 5.03. The van der Waals surface area contributed by atoms with E-state index >= 15 is 0 Å². The molecule has 0 radical (unpaired) electrons. The van der Waals surface area contributed by atoms with Crippen molar-refractivity contribution in [3.05, 3.63) is 24.3 Å². The van der Waals surface area contributed by atoms with Gasteiger partial charge in [-0.05, 0) is 38.1 Å². The third-order valence-electron chi connectivity index (χ3n) is 2.58. The lowest BCUT2D eigenvalue weighted by molar-refractivity contribution is 0.143. The summed E-state index contributed by atoms with van der Waals surface area (Å²) in [5, 5.41) is 2.84. The third kappa shape index (κ3) is 4.25. The van der Waals surface area contributed by atoms with E-state index in [1.807, 2.05) is 13.8 Å². The van der Waals surface area contributed by atoms with Crippen LogP contribution in [0.5, 0.6) is 0 Å². The second kappa shape index (κ2) is 6.86. The highest BCUT2D eigenvalue weighted by molar-refractivity contribution is 5.89. The molecule has 0 heterocycles. The summed E-state index contributed by atoms with van der Waals surface area (Å²) >= 11 is 0. The molecular weight excluding hydrogens is 230 g/mol. The molecule has 0 atom stereocenters. The molecule has 0 spiro atoms. The lowest BCUT2D eigenvalue weighted by atomic mass is 10.3. The number of anilines is 2. The van der Waals surface area contributed by atoms with Crippen molar-refractivity contribution in [2.45, 2.75) is 19.9 Å². The van der Waals surface area contributed by atoms with E-state index in [2.05, 4.69) is 5.32 Å². The Morgan fingerprint density at radius 3 is 2.50 bits per heavy atom. The van der Waals surface area contributed by atoms with E-state index in [4.69, 9.17) is 10.5 Å². The lowest BCUT2D eigenvalue weighted by Gasteiger charge is -2.26. The molecule has 1 aromatic carbocycles. The number of nitrogens with zero attached hydrogens (tertiary/aromatic N) is 1. The number of carbonyl (C=O) groups excluding carboxylic acids is 1. The molecule has 0 unspecified atom stereocenters. The van der Waals surface area contributed by atoms with E-state index < -0.39 is 0 Å². The van der Waals surface area contributed by atoms with Gasteiger partial charge in [0.25, 0.3) is 0 Å². The first-order valence-corrected chi connectivity index (χ1v) is 5.96. The second-order valence-electron chi connectivity index (χ2n) is 4.33. The number of methoxy groups -OCH3 is 1. The van der Waals surface area contributed by atoms with Crippen molar-refractivity contribution in [2.24, 2.45) is 0 Å². The minimum absolute atomic E-state index is 0.119. The van der Waals surface area contributed by atoms with E-state index in [1.54, 1.807) is 36.3 Å². The number of amides is 2. The van der Waals surface area contributed by atoms with Gasteiger partial charge in [-0.3, -0.25) is 0 Å². The van der Waals surface area contributed by atoms with E-state index in [-0.39, 0.29) is 12.1 Å². The molecule has 0 aliphatic heterocycles. The number of carbonyl (C=O) groups is 1. The van der Waals surface area contributed by atoms with Crippen LogP contribution in [0.2, 0.25) is 0 Å². The number of nitrogens with one attached hydrogen (secondary N) is 1. The molecule has 0 saturated carbocycles. The summed E-state index contributed by atoms with van der Waals surface area (Å²) in [5.74, 6) is 0. The predicted molar refractivity (Wildman–Crippen MR) is 73.6 cm³/mol. The highest BCUT2D eigenvalue weighted by atomic mass is 16.5. The maximum Gasteiger partial charge on any atom is 0.322 e. The van der Waals surface area contributed by atoms with Crippen LogP contribution < -0.4 is 11.1 Å². The number of urea groups is 1.